The van der Waals surface area contributed by atoms with Crippen molar-refractivity contribution >= 4 is 5.97 Å². The highest BCUT2D eigenvalue weighted by molar-refractivity contribution is 5.68. The Balaban J connectivity index is 2.04. The Morgan fingerprint density at radius 2 is 2.00 bits per heavy atom. The highest BCUT2D eigenvalue weighted by Gasteiger charge is 2.24. The molecule has 1 aliphatic carbocycles. The van der Waals surface area contributed by atoms with Crippen molar-refractivity contribution in [2.75, 3.05) is 0 Å². The van der Waals surface area contributed by atoms with Crippen molar-refractivity contribution in [2.24, 2.45) is 5.92 Å². The summed E-state index contributed by atoms with van der Waals surface area (Å²) in [5.74, 6) is 0.265. The molecule has 1 aromatic carbocycles. The van der Waals surface area contributed by atoms with Crippen LogP contribution in [0, 0.1) is 5.92 Å². The van der Waals surface area contributed by atoms with E-state index in [1.807, 2.05) is 30.3 Å². The maximum Gasteiger partial charge on any atom is 0.303 e. The van der Waals surface area contributed by atoms with E-state index in [0.717, 1.165) is 12.3 Å². The molecule has 2 nitrogen and oxygen atoms in total. The van der Waals surface area contributed by atoms with Crippen LogP contribution in [0.2, 0.25) is 0 Å². The first-order valence-corrected chi connectivity index (χ1v) is 6.02. The molecule has 0 unspecified atom stereocenters. The molecule has 0 radical (unpaired) electrons. The lowest BCUT2D eigenvalue weighted by molar-refractivity contribution is -0.137. The monoisotopic (exact) mass is 218 g/mol. The first-order chi connectivity index (χ1) is 7.75. The predicted molar refractivity (Wildman–Crippen MR) is 63.4 cm³/mol. The third-order valence-electron chi connectivity index (χ3n) is 3.53. The summed E-state index contributed by atoms with van der Waals surface area (Å²) in [6.07, 6.45) is 5.18. The molecule has 1 aliphatic rings. The van der Waals surface area contributed by atoms with Gasteiger partial charge in [-0.1, -0.05) is 49.6 Å². The second-order valence-corrected chi connectivity index (χ2v) is 4.74. The van der Waals surface area contributed by atoms with E-state index in [2.05, 4.69) is 0 Å². The van der Waals surface area contributed by atoms with Crippen molar-refractivity contribution < 1.29 is 9.90 Å². The topological polar surface area (TPSA) is 37.3 Å². The second kappa shape index (κ2) is 5.15. The van der Waals surface area contributed by atoms with E-state index in [1.54, 1.807) is 0 Å². The molecule has 1 atom stereocenters. The van der Waals surface area contributed by atoms with Gasteiger partial charge in [0.25, 0.3) is 0 Å². The fourth-order valence-corrected chi connectivity index (χ4v) is 2.40. The van der Waals surface area contributed by atoms with Crippen LogP contribution in [-0.2, 0) is 4.79 Å². The lowest BCUT2D eigenvalue weighted by atomic mass is 9.76. The van der Waals surface area contributed by atoms with Crippen LogP contribution in [-0.4, -0.2) is 11.1 Å². The van der Waals surface area contributed by atoms with Gasteiger partial charge in [0.05, 0.1) is 6.42 Å². The summed E-state index contributed by atoms with van der Waals surface area (Å²) in [4.78, 5) is 10.9. The van der Waals surface area contributed by atoms with E-state index in [9.17, 15) is 4.79 Å². The zero-order valence-electron chi connectivity index (χ0n) is 9.43. The Hall–Kier alpha value is -1.31. The smallest absolute Gasteiger partial charge is 0.303 e. The van der Waals surface area contributed by atoms with Crippen LogP contribution >= 0.6 is 0 Å². The molecule has 2 heteroatoms. The normalized spacial score (nSPS) is 17.8. The summed E-state index contributed by atoms with van der Waals surface area (Å²) < 4.78 is 0. The van der Waals surface area contributed by atoms with Crippen molar-refractivity contribution in [3.8, 4) is 0 Å². The molecule has 16 heavy (non-hydrogen) atoms. The largest absolute Gasteiger partial charge is 0.481 e. The third kappa shape index (κ3) is 2.84. The molecule has 0 heterocycles. The van der Waals surface area contributed by atoms with Gasteiger partial charge in [0.2, 0.25) is 0 Å². The zero-order chi connectivity index (χ0) is 11.4. The molecule has 1 N–H and O–H groups in total. The van der Waals surface area contributed by atoms with Crippen molar-refractivity contribution in [1.29, 1.82) is 0 Å². The summed E-state index contributed by atoms with van der Waals surface area (Å²) in [6, 6.07) is 10.1. The Kier molecular flexibility index (Phi) is 3.60. The highest BCUT2D eigenvalue weighted by Crippen LogP contribution is 2.37. The molecule has 0 aliphatic heterocycles. The SMILES string of the molecule is O=C(O)C[C@H](CC1CCC1)c1ccccc1. The van der Waals surface area contributed by atoms with E-state index >= 15 is 0 Å². The Morgan fingerprint density at radius 3 is 2.50 bits per heavy atom. The number of carboxylic acid groups (broad SMARTS) is 1. The van der Waals surface area contributed by atoms with E-state index in [-0.39, 0.29) is 12.3 Å². The minimum absolute atomic E-state index is 0.198. The van der Waals surface area contributed by atoms with Gasteiger partial charge in [-0.2, -0.15) is 0 Å². The molecule has 1 saturated carbocycles. The van der Waals surface area contributed by atoms with Gasteiger partial charge >= 0.3 is 5.97 Å². The Labute approximate surface area is 96.3 Å². The summed E-state index contributed by atoms with van der Waals surface area (Å²) in [6.45, 7) is 0. The molecule has 0 saturated heterocycles. The minimum Gasteiger partial charge on any atom is -0.481 e. The zero-order valence-corrected chi connectivity index (χ0v) is 9.43. The molecule has 0 spiro atoms. The number of rotatable bonds is 5. The molecule has 0 aromatic heterocycles. The number of hydrogen-bond acceptors (Lipinski definition) is 1. The Bertz CT molecular complexity index is 341. The van der Waals surface area contributed by atoms with Crippen LogP contribution in [0.1, 0.15) is 43.6 Å². The van der Waals surface area contributed by atoms with Gasteiger partial charge in [-0.3, -0.25) is 4.79 Å². The van der Waals surface area contributed by atoms with E-state index in [1.165, 1.54) is 24.8 Å². The number of hydrogen-bond donors (Lipinski definition) is 1. The van der Waals surface area contributed by atoms with Crippen LogP contribution in [0.25, 0.3) is 0 Å². The summed E-state index contributed by atoms with van der Waals surface area (Å²) in [5.41, 5.74) is 1.18. The minimum atomic E-state index is -0.687. The predicted octanol–water partition coefficient (Wildman–Crippen LogP) is 3.44. The lowest BCUT2D eigenvalue weighted by Gasteiger charge is -2.29. The molecule has 0 amide bonds. The van der Waals surface area contributed by atoms with Gasteiger partial charge in [0, 0.05) is 0 Å². The van der Waals surface area contributed by atoms with Crippen LogP contribution in [0.4, 0.5) is 0 Å². The van der Waals surface area contributed by atoms with E-state index in [4.69, 9.17) is 5.11 Å². The average Bonchev–Trinajstić information content (AvgIpc) is 2.22. The van der Waals surface area contributed by atoms with Crippen molar-refractivity contribution in [3.05, 3.63) is 35.9 Å². The lowest BCUT2D eigenvalue weighted by Crippen LogP contribution is -2.17. The molecular weight excluding hydrogens is 200 g/mol. The Morgan fingerprint density at radius 1 is 1.31 bits per heavy atom. The van der Waals surface area contributed by atoms with Crippen LogP contribution < -0.4 is 0 Å². The van der Waals surface area contributed by atoms with Crippen LogP contribution in [0.3, 0.4) is 0 Å². The third-order valence-corrected chi connectivity index (χ3v) is 3.53. The quantitative estimate of drug-likeness (QED) is 0.822. The van der Waals surface area contributed by atoms with Crippen LogP contribution in [0.5, 0.6) is 0 Å². The van der Waals surface area contributed by atoms with Gasteiger partial charge in [0.15, 0.2) is 0 Å². The van der Waals surface area contributed by atoms with E-state index in [0.29, 0.717) is 0 Å². The number of carbonyl (C=O) groups is 1. The standard InChI is InChI=1S/C14H18O2/c15-14(16)10-13(9-11-5-4-6-11)12-7-2-1-3-8-12/h1-3,7-8,11,13H,4-6,9-10H2,(H,15,16)/t13-/m0/s1. The van der Waals surface area contributed by atoms with Crippen LogP contribution in [0.15, 0.2) is 30.3 Å². The van der Waals surface area contributed by atoms with E-state index < -0.39 is 5.97 Å². The summed E-state index contributed by atoms with van der Waals surface area (Å²) in [5, 5.41) is 8.95. The van der Waals surface area contributed by atoms with Gasteiger partial charge in [0.1, 0.15) is 0 Å². The van der Waals surface area contributed by atoms with Crippen molar-refractivity contribution in [3.63, 3.8) is 0 Å². The van der Waals surface area contributed by atoms with Crippen molar-refractivity contribution in [1.82, 2.24) is 0 Å². The molecule has 2 rings (SSSR count). The maximum absolute atomic E-state index is 10.9. The molecule has 1 fully saturated rings. The molecule has 86 valence electrons. The first-order valence-electron chi connectivity index (χ1n) is 6.02. The van der Waals surface area contributed by atoms with Gasteiger partial charge in [-0.15, -0.1) is 0 Å². The number of carboxylic acids is 1. The summed E-state index contributed by atoms with van der Waals surface area (Å²) >= 11 is 0. The number of benzene rings is 1. The van der Waals surface area contributed by atoms with Gasteiger partial charge < -0.3 is 5.11 Å². The maximum atomic E-state index is 10.9. The fourth-order valence-electron chi connectivity index (χ4n) is 2.40. The molecule has 0 bridgehead atoms. The molecule has 1 aromatic rings. The fraction of sp³-hybridized carbons (Fsp3) is 0.500. The highest BCUT2D eigenvalue weighted by atomic mass is 16.4. The van der Waals surface area contributed by atoms with Crippen molar-refractivity contribution in [2.45, 2.75) is 38.0 Å². The average molecular weight is 218 g/mol. The van der Waals surface area contributed by atoms with Gasteiger partial charge in [-0.25, -0.2) is 0 Å². The molecular formula is C14H18O2. The van der Waals surface area contributed by atoms with Gasteiger partial charge in [-0.05, 0) is 23.8 Å². The summed E-state index contributed by atoms with van der Waals surface area (Å²) in [7, 11) is 0. The number of aliphatic carboxylic acids is 1. The second-order valence-electron chi connectivity index (χ2n) is 4.74. The first kappa shape index (κ1) is 11.2.